The molecule has 2 atom stereocenters. The normalized spacial score (nSPS) is 22.0. The number of nitrogens with two attached hydrogens (primary N) is 1. The third-order valence-corrected chi connectivity index (χ3v) is 5.71. The number of aromatic nitrogens is 2. The minimum absolute atomic E-state index is 0.0449. The summed E-state index contributed by atoms with van der Waals surface area (Å²) in [4.78, 5) is 7.83. The molecule has 2 aliphatic rings. The van der Waals surface area contributed by atoms with E-state index < -0.39 is 0 Å². The summed E-state index contributed by atoms with van der Waals surface area (Å²) in [5.74, 6) is 1.10. The fourth-order valence-electron chi connectivity index (χ4n) is 3.59. The van der Waals surface area contributed by atoms with Gasteiger partial charge in [0.15, 0.2) is 16.7 Å². The third kappa shape index (κ3) is 2.40. The van der Waals surface area contributed by atoms with Crippen LogP contribution in [0.5, 0.6) is 0 Å². The lowest BCUT2D eigenvalue weighted by molar-refractivity contribution is 0.0601. The topological polar surface area (TPSA) is 77.4 Å². The molecule has 2 N–H and O–H groups in total. The number of rotatable bonds is 2. The summed E-state index contributed by atoms with van der Waals surface area (Å²) < 4.78 is 24.4. The monoisotopic (exact) mass is 358 g/mol. The van der Waals surface area contributed by atoms with Crippen LogP contribution < -0.4 is 10.6 Å². The quantitative estimate of drug-likeness (QED) is 0.759. The highest BCUT2D eigenvalue weighted by atomic mass is 32.1. The summed E-state index contributed by atoms with van der Waals surface area (Å²) in [5.41, 5.74) is 7.76. The lowest BCUT2D eigenvalue weighted by Crippen LogP contribution is -2.51. The van der Waals surface area contributed by atoms with Gasteiger partial charge in [-0.15, -0.1) is 0 Å². The lowest BCUT2D eigenvalue weighted by Gasteiger charge is -2.44. The molecular formula is C17H15FN4O2S. The molecule has 0 saturated carbocycles. The van der Waals surface area contributed by atoms with Crippen LogP contribution in [0.15, 0.2) is 34.9 Å². The summed E-state index contributed by atoms with van der Waals surface area (Å²) in [6.07, 6.45) is 0.776. The van der Waals surface area contributed by atoms with Crippen molar-refractivity contribution in [1.82, 2.24) is 10.1 Å². The minimum atomic E-state index is -0.276. The lowest BCUT2D eigenvalue weighted by atomic mass is 9.96. The Morgan fingerprint density at radius 2 is 2.08 bits per heavy atom. The maximum atomic E-state index is 13.1. The molecule has 1 aromatic carbocycles. The van der Waals surface area contributed by atoms with Crippen LogP contribution in [-0.4, -0.2) is 29.4 Å². The van der Waals surface area contributed by atoms with Crippen molar-refractivity contribution in [3.05, 3.63) is 46.7 Å². The number of morpholine rings is 1. The largest absolute Gasteiger partial charge is 0.377 e. The predicted octanol–water partition coefficient (Wildman–Crippen LogP) is 3.02. The Bertz CT molecular complexity index is 923. The molecule has 6 nitrogen and oxygen atoms in total. The second-order valence-electron chi connectivity index (χ2n) is 6.24. The number of benzene rings is 1. The number of anilines is 2. The molecule has 1 saturated heterocycles. The fourth-order valence-corrected chi connectivity index (χ4v) is 4.53. The highest BCUT2D eigenvalue weighted by Crippen LogP contribution is 2.43. The number of hydrogen-bond donors (Lipinski definition) is 1. The average Bonchev–Trinajstić information content (AvgIpc) is 3.21. The molecule has 2 bridgehead atoms. The maximum absolute atomic E-state index is 13.1. The van der Waals surface area contributed by atoms with Crippen LogP contribution in [0, 0.1) is 5.82 Å². The van der Waals surface area contributed by atoms with Gasteiger partial charge in [-0.2, -0.15) is 0 Å². The van der Waals surface area contributed by atoms with Gasteiger partial charge in [-0.3, -0.25) is 0 Å². The minimum Gasteiger partial charge on any atom is -0.377 e. The maximum Gasteiger partial charge on any atom is 0.180 e. The van der Waals surface area contributed by atoms with Crippen molar-refractivity contribution in [2.24, 2.45) is 0 Å². The zero-order valence-electron chi connectivity index (χ0n) is 13.2. The molecule has 8 heteroatoms. The van der Waals surface area contributed by atoms with Gasteiger partial charge >= 0.3 is 0 Å². The predicted molar refractivity (Wildman–Crippen MR) is 92.0 cm³/mol. The number of halogens is 1. The van der Waals surface area contributed by atoms with Gasteiger partial charge in [0.2, 0.25) is 0 Å². The smallest absolute Gasteiger partial charge is 0.180 e. The van der Waals surface area contributed by atoms with E-state index >= 15 is 0 Å². The van der Waals surface area contributed by atoms with E-state index in [0.717, 1.165) is 28.4 Å². The zero-order valence-corrected chi connectivity index (χ0v) is 14.0. The first-order valence-electron chi connectivity index (χ1n) is 8.03. The molecule has 0 radical (unpaired) electrons. The van der Waals surface area contributed by atoms with Gasteiger partial charge in [0.25, 0.3) is 0 Å². The summed E-state index contributed by atoms with van der Waals surface area (Å²) in [6, 6.07) is 8.28. The van der Waals surface area contributed by atoms with Crippen molar-refractivity contribution in [3.63, 3.8) is 0 Å². The Kier molecular flexibility index (Phi) is 3.29. The van der Waals surface area contributed by atoms with E-state index in [-0.39, 0.29) is 17.9 Å². The van der Waals surface area contributed by atoms with Crippen LogP contribution in [0.2, 0.25) is 0 Å². The summed E-state index contributed by atoms with van der Waals surface area (Å²) in [6.45, 7) is 1.19. The van der Waals surface area contributed by atoms with Crippen LogP contribution in [0.4, 0.5) is 15.3 Å². The molecule has 25 heavy (non-hydrogen) atoms. The molecule has 128 valence electrons. The molecule has 1 fully saturated rings. The van der Waals surface area contributed by atoms with Crippen molar-refractivity contribution in [1.29, 1.82) is 0 Å². The van der Waals surface area contributed by atoms with E-state index in [4.69, 9.17) is 15.0 Å². The SMILES string of the molecule is Nc1nc2c(s1)[C@@H]1COC[C@H](C2)N1c1cc(-c2ccc(F)cc2)on1. The summed E-state index contributed by atoms with van der Waals surface area (Å²) in [5, 5.41) is 4.84. The standard InChI is InChI=1S/C17H15FN4O2S/c18-10-3-1-9(2-4-10)14-6-15(21-24-14)22-11-5-12-16(25-17(19)20-12)13(22)8-23-7-11/h1-4,6,11,13H,5,7-8H2,(H2,19,20)/t11-,13-/m0/s1. The molecule has 4 heterocycles. The van der Waals surface area contributed by atoms with Crippen molar-refractivity contribution in [2.75, 3.05) is 23.8 Å². The van der Waals surface area contributed by atoms with E-state index in [0.29, 0.717) is 24.1 Å². The van der Waals surface area contributed by atoms with Crippen LogP contribution in [0.1, 0.15) is 16.6 Å². The molecule has 0 amide bonds. The fraction of sp³-hybridized carbons (Fsp3) is 0.294. The molecule has 0 unspecified atom stereocenters. The van der Waals surface area contributed by atoms with Gasteiger partial charge in [-0.25, -0.2) is 9.37 Å². The molecular weight excluding hydrogens is 343 g/mol. The highest BCUT2D eigenvalue weighted by molar-refractivity contribution is 7.15. The van der Waals surface area contributed by atoms with Crippen LogP contribution in [0.25, 0.3) is 11.3 Å². The number of nitrogens with zero attached hydrogens (tertiary/aromatic N) is 3. The zero-order chi connectivity index (χ0) is 17.0. The number of fused-ring (bicyclic) bond motifs is 4. The number of ether oxygens (including phenoxy) is 1. The van der Waals surface area contributed by atoms with Gasteiger partial charge in [0.05, 0.1) is 35.9 Å². The van der Waals surface area contributed by atoms with Crippen LogP contribution >= 0.6 is 11.3 Å². The van der Waals surface area contributed by atoms with Crippen molar-refractivity contribution >= 4 is 22.3 Å². The van der Waals surface area contributed by atoms with E-state index in [1.807, 2.05) is 6.07 Å². The van der Waals surface area contributed by atoms with Crippen molar-refractivity contribution in [3.8, 4) is 11.3 Å². The van der Waals surface area contributed by atoms with Crippen LogP contribution in [-0.2, 0) is 11.2 Å². The average molecular weight is 358 g/mol. The van der Waals surface area contributed by atoms with Gasteiger partial charge in [-0.1, -0.05) is 16.5 Å². The second kappa shape index (κ2) is 5.53. The first-order chi connectivity index (χ1) is 12.2. The van der Waals surface area contributed by atoms with Gasteiger partial charge in [0, 0.05) is 18.1 Å². The Morgan fingerprint density at radius 1 is 1.24 bits per heavy atom. The van der Waals surface area contributed by atoms with E-state index in [2.05, 4.69) is 15.0 Å². The molecule has 3 aromatic rings. The molecule has 2 aromatic heterocycles. The molecule has 0 spiro atoms. The van der Waals surface area contributed by atoms with Gasteiger partial charge < -0.3 is 19.9 Å². The van der Waals surface area contributed by atoms with Crippen molar-refractivity contribution in [2.45, 2.75) is 18.5 Å². The Morgan fingerprint density at radius 3 is 2.92 bits per heavy atom. The third-order valence-electron chi connectivity index (χ3n) is 4.68. The van der Waals surface area contributed by atoms with Gasteiger partial charge in [0.1, 0.15) is 5.82 Å². The van der Waals surface area contributed by atoms with Gasteiger partial charge in [-0.05, 0) is 24.3 Å². The Hall–Kier alpha value is -2.45. The number of hydrogen-bond acceptors (Lipinski definition) is 7. The summed E-state index contributed by atoms with van der Waals surface area (Å²) >= 11 is 1.51. The molecule has 5 rings (SSSR count). The first kappa shape index (κ1) is 14.9. The van der Waals surface area contributed by atoms with Crippen molar-refractivity contribution < 1.29 is 13.7 Å². The molecule has 0 aliphatic carbocycles. The first-order valence-corrected chi connectivity index (χ1v) is 8.84. The van der Waals surface area contributed by atoms with E-state index in [9.17, 15) is 4.39 Å². The number of thiazole rings is 1. The second-order valence-corrected chi connectivity index (χ2v) is 7.30. The Labute approximate surface area is 147 Å². The molecule has 2 aliphatic heterocycles. The number of nitrogen functional groups attached to an aromatic ring is 1. The summed E-state index contributed by atoms with van der Waals surface area (Å²) in [7, 11) is 0. The van der Waals surface area contributed by atoms with Crippen LogP contribution in [0.3, 0.4) is 0 Å². The van der Waals surface area contributed by atoms with E-state index in [1.54, 1.807) is 12.1 Å². The van der Waals surface area contributed by atoms with E-state index in [1.165, 1.54) is 23.5 Å². The Balaban J connectivity index is 1.52. The highest BCUT2D eigenvalue weighted by Gasteiger charge is 2.41.